The van der Waals surface area contributed by atoms with Gasteiger partial charge in [-0.05, 0) is 83.5 Å². The minimum absolute atomic E-state index is 0.0258. The van der Waals surface area contributed by atoms with Crippen LogP contribution in [0.15, 0.2) is 0 Å². The summed E-state index contributed by atoms with van der Waals surface area (Å²) in [6.07, 6.45) is -4.21. The van der Waals surface area contributed by atoms with Crippen molar-refractivity contribution in [3.8, 4) is 0 Å². The second kappa shape index (κ2) is 13.6. The van der Waals surface area contributed by atoms with Gasteiger partial charge in [0.15, 0.2) is 17.8 Å². The summed E-state index contributed by atoms with van der Waals surface area (Å²) in [6.45, 7) is 15.4. The van der Waals surface area contributed by atoms with Gasteiger partial charge in [-0.25, -0.2) is 4.79 Å². The van der Waals surface area contributed by atoms with E-state index in [1.165, 1.54) is 13.8 Å². The summed E-state index contributed by atoms with van der Waals surface area (Å²) in [4.78, 5) is 54.2. The Kier molecular flexibility index (Phi) is 10.1. The van der Waals surface area contributed by atoms with Crippen molar-refractivity contribution in [2.45, 2.75) is 172 Å². The Labute approximate surface area is 328 Å². The molecule has 4 aliphatic carbocycles. The number of carbonyl (C=O) groups is 4. The number of nitrogens with zero attached hydrogens (tertiary/aromatic N) is 1. The standard InChI is InChI=1S/C41H63NO14/c1-10-20(3)34(46)55-33-31(45)30-24(18-42-17-19(2)11-12-28(42)38(30,9)49)25-16-39-32(40(25,33)50)26(53-23(6)44)15-27-36(39,7)14-13-29(41(27,51)56-39)54-35(47)37(8,48)21(4)52-22(5)43/h19-21,24-33,45,48-51H,10-18H2,1-9H3/t19-,20+,21-,24-,25-,26+,27-,28-,29-,30+,31+,32+,33-,36-,37-,38+,39+,40-,41-/m0/s1. The Bertz CT molecular complexity index is 1620. The monoisotopic (exact) mass is 793 g/mol. The number of ether oxygens (including phenoxy) is 5. The summed E-state index contributed by atoms with van der Waals surface area (Å²) in [6, 6.07) is -0.275. The van der Waals surface area contributed by atoms with Crippen molar-refractivity contribution in [2.75, 3.05) is 13.1 Å². The van der Waals surface area contributed by atoms with Crippen molar-refractivity contribution in [2.24, 2.45) is 46.8 Å². The molecule has 0 radical (unpaired) electrons. The Balaban J connectivity index is 1.35. The molecule has 7 fully saturated rings. The number of hydrogen-bond acceptors (Lipinski definition) is 15. The number of hydrogen-bond donors (Lipinski definition) is 5. The first-order chi connectivity index (χ1) is 25.9. The van der Waals surface area contributed by atoms with Gasteiger partial charge in [0, 0.05) is 50.2 Å². The van der Waals surface area contributed by atoms with Crippen LogP contribution in [-0.4, -0.2) is 132 Å². The molecule has 7 aliphatic rings. The molecule has 1 spiro atoms. The molecule has 15 nitrogen and oxygen atoms in total. The number of aliphatic hydroxyl groups excluding tert-OH is 1. The molecule has 15 heteroatoms. The second-order valence-corrected chi connectivity index (χ2v) is 19.3. The van der Waals surface area contributed by atoms with E-state index >= 15 is 0 Å². The molecule has 316 valence electrons. The lowest BCUT2D eigenvalue weighted by Crippen LogP contribution is -2.77. The fraction of sp³-hybridized carbons (Fsp3) is 0.902. The molecule has 0 aromatic rings. The molecule has 7 rings (SSSR count). The van der Waals surface area contributed by atoms with Crippen LogP contribution in [0, 0.1) is 46.8 Å². The van der Waals surface area contributed by atoms with Crippen LogP contribution in [0.4, 0.5) is 0 Å². The van der Waals surface area contributed by atoms with Gasteiger partial charge in [-0.15, -0.1) is 0 Å². The number of aliphatic hydroxyl groups is 5. The van der Waals surface area contributed by atoms with Crippen LogP contribution in [0.25, 0.3) is 0 Å². The highest BCUT2D eigenvalue weighted by atomic mass is 16.7. The minimum atomic E-state index is -2.28. The van der Waals surface area contributed by atoms with Crippen LogP contribution in [-0.2, 0) is 42.9 Å². The van der Waals surface area contributed by atoms with Crippen LogP contribution in [0.3, 0.4) is 0 Å². The highest BCUT2D eigenvalue weighted by molar-refractivity contribution is 5.80. The Morgan fingerprint density at radius 3 is 2.29 bits per heavy atom. The summed E-state index contributed by atoms with van der Waals surface area (Å²) in [7, 11) is 0. The number of fused-ring (bicyclic) bond motifs is 5. The lowest BCUT2D eigenvalue weighted by atomic mass is 9.49. The maximum absolute atomic E-state index is 13.7. The van der Waals surface area contributed by atoms with Gasteiger partial charge in [-0.2, -0.15) is 0 Å². The third-order valence-corrected chi connectivity index (χ3v) is 16.1. The van der Waals surface area contributed by atoms with Gasteiger partial charge in [-0.1, -0.05) is 27.7 Å². The second-order valence-electron chi connectivity index (χ2n) is 19.3. The van der Waals surface area contributed by atoms with E-state index in [4.69, 9.17) is 23.7 Å². The van der Waals surface area contributed by atoms with Crippen LogP contribution in [0.5, 0.6) is 0 Å². The molecule has 0 aromatic carbocycles. The molecule has 3 heterocycles. The molecule has 0 amide bonds. The van der Waals surface area contributed by atoms with Crippen LogP contribution < -0.4 is 0 Å². The number of piperidine rings is 2. The Hall–Kier alpha value is -2.40. The Morgan fingerprint density at radius 2 is 1.66 bits per heavy atom. The summed E-state index contributed by atoms with van der Waals surface area (Å²) in [5.74, 6) is -9.57. The van der Waals surface area contributed by atoms with Crippen molar-refractivity contribution < 1.29 is 68.4 Å². The molecular weight excluding hydrogens is 730 g/mol. The zero-order valence-corrected chi connectivity index (χ0v) is 34.2. The van der Waals surface area contributed by atoms with Crippen LogP contribution in [0.1, 0.15) is 107 Å². The van der Waals surface area contributed by atoms with Gasteiger partial charge in [-0.3, -0.25) is 19.3 Å². The minimum Gasteiger partial charge on any atom is -0.462 e. The van der Waals surface area contributed by atoms with Gasteiger partial charge >= 0.3 is 23.9 Å². The molecule has 4 bridgehead atoms. The van der Waals surface area contributed by atoms with Crippen LogP contribution in [0.2, 0.25) is 0 Å². The molecule has 56 heavy (non-hydrogen) atoms. The van der Waals surface area contributed by atoms with Crippen molar-refractivity contribution >= 4 is 23.9 Å². The van der Waals surface area contributed by atoms with Crippen LogP contribution >= 0.6 is 0 Å². The predicted octanol–water partition coefficient (Wildman–Crippen LogP) is 1.61. The Morgan fingerprint density at radius 1 is 0.982 bits per heavy atom. The summed E-state index contributed by atoms with van der Waals surface area (Å²) < 4.78 is 30.3. The molecule has 19 atom stereocenters. The topological polar surface area (TPSA) is 219 Å². The number of rotatable bonds is 8. The highest BCUT2D eigenvalue weighted by Gasteiger charge is 2.88. The van der Waals surface area contributed by atoms with E-state index in [0.29, 0.717) is 38.3 Å². The number of esters is 4. The largest absolute Gasteiger partial charge is 0.462 e. The maximum atomic E-state index is 13.7. The smallest absolute Gasteiger partial charge is 0.342 e. The van der Waals surface area contributed by atoms with Gasteiger partial charge < -0.3 is 49.2 Å². The van der Waals surface area contributed by atoms with Gasteiger partial charge in [0.2, 0.25) is 5.79 Å². The van der Waals surface area contributed by atoms with Gasteiger partial charge in [0.25, 0.3) is 0 Å². The average molecular weight is 794 g/mol. The SMILES string of the molecule is CC[C@@H](C)C(=O)O[C@H]1[C@H](O)[C@H]2[C@@H](CN3C[C@@H](C)CC[C@H]3[C@@]2(C)O)[C@@H]2C[C@]34O[C@]5(O)[C@@H](OC(=O)[C@@](C)(O)[C@H](C)OC(C)=O)CC[C@@]3(C)[C@@H]5C[C@@H](OC(C)=O)[C@H]4[C@@]21O. The summed E-state index contributed by atoms with van der Waals surface area (Å²) >= 11 is 0. The zero-order valence-electron chi connectivity index (χ0n) is 34.2. The molecule has 4 saturated carbocycles. The van der Waals surface area contributed by atoms with Crippen molar-refractivity contribution in [1.29, 1.82) is 0 Å². The summed E-state index contributed by atoms with van der Waals surface area (Å²) in [5, 5.41) is 62.8. The predicted molar refractivity (Wildman–Crippen MR) is 195 cm³/mol. The molecule has 3 aliphatic heterocycles. The maximum Gasteiger partial charge on any atom is 0.342 e. The van der Waals surface area contributed by atoms with E-state index < -0.39 is 124 Å². The lowest BCUT2D eigenvalue weighted by molar-refractivity contribution is -0.301. The first kappa shape index (κ1) is 41.7. The zero-order chi connectivity index (χ0) is 41.3. The van der Waals surface area contributed by atoms with Gasteiger partial charge in [0.1, 0.15) is 17.8 Å². The van der Waals surface area contributed by atoms with E-state index in [0.717, 1.165) is 20.3 Å². The van der Waals surface area contributed by atoms with E-state index in [9.17, 15) is 44.7 Å². The van der Waals surface area contributed by atoms with E-state index in [1.54, 1.807) is 13.8 Å². The van der Waals surface area contributed by atoms with Crippen molar-refractivity contribution in [3.63, 3.8) is 0 Å². The molecule has 0 aromatic heterocycles. The fourth-order valence-electron chi connectivity index (χ4n) is 13.1. The summed E-state index contributed by atoms with van der Waals surface area (Å²) in [5.41, 5.74) is -8.17. The lowest BCUT2D eigenvalue weighted by Gasteiger charge is -2.64. The number of carbonyl (C=O) groups excluding carboxylic acids is 4. The quantitative estimate of drug-likeness (QED) is 0.174. The molecule has 3 saturated heterocycles. The van der Waals surface area contributed by atoms with E-state index in [2.05, 4.69) is 11.8 Å². The fourth-order valence-corrected chi connectivity index (χ4v) is 13.1. The molecule has 0 unspecified atom stereocenters. The van der Waals surface area contributed by atoms with Gasteiger partial charge in [0.05, 0.1) is 29.1 Å². The third-order valence-electron chi connectivity index (χ3n) is 16.1. The van der Waals surface area contributed by atoms with E-state index in [1.807, 2.05) is 13.8 Å². The van der Waals surface area contributed by atoms with Crippen molar-refractivity contribution in [3.05, 3.63) is 0 Å². The molecular formula is C41H63NO14. The average Bonchev–Trinajstić information content (AvgIpc) is 3.37. The first-order valence-corrected chi connectivity index (χ1v) is 20.7. The van der Waals surface area contributed by atoms with Crippen molar-refractivity contribution in [1.82, 2.24) is 4.90 Å². The van der Waals surface area contributed by atoms with E-state index in [-0.39, 0.29) is 25.3 Å². The molecule has 5 N–H and O–H groups in total. The first-order valence-electron chi connectivity index (χ1n) is 20.7. The third kappa shape index (κ3) is 5.67. The highest BCUT2D eigenvalue weighted by Crippen LogP contribution is 2.77. The normalized spacial score (nSPS) is 49.8.